The number of furan rings is 1. The van der Waals surface area contributed by atoms with Crippen molar-refractivity contribution >= 4 is 22.4 Å². The number of methoxy groups -OCH3 is 1. The van der Waals surface area contributed by atoms with Crippen molar-refractivity contribution in [3.63, 3.8) is 0 Å². The summed E-state index contributed by atoms with van der Waals surface area (Å²) >= 11 is 0. The Morgan fingerprint density at radius 3 is 2.92 bits per heavy atom. The Kier molecular flexibility index (Phi) is 3.10. The molecule has 7 nitrogen and oxygen atoms in total. The standard InChI is InChI=1S/C17H13N5O2/c1-19-17-16(21-15-6-11(8-18)20-9-22(15)17)14-5-10-3-4-12(23-2)7-13(10)24-14/h3-7,9,19H,1-2H3. The summed E-state index contributed by atoms with van der Waals surface area (Å²) in [5.41, 5.74) is 2.32. The Labute approximate surface area is 137 Å². The molecule has 0 aliphatic rings. The van der Waals surface area contributed by atoms with E-state index >= 15 is 0 Å². The van der Waals surface area contributed by atoms with Gasteiger partial charge in [-0.25, -0.2) is 9.97 Å². The molecule has 118 valence electrons. The lowest BCUT2D eigenvalue weighted by Gasteiger charge is -2.01. The van der Waals surface area contributed by atoms with E-state index in [2.05, 4.69) is 15.3 Å². The molecule has 4 rings (SSSR count). The molecule has 0 fully saturated rings. The number of fused-ring (bicyclic) bond motifs is 2. The first-order valence-electron chi connectivity index (χ1n) is 7.27. The molecule has 1 N–H and O–H groups in total. The first-order chi connectivity index (χ1) is 11.7. The number of hydrogen-bond donors (Lipinski definition) is 1. The van der Waals surface area contributed by atoms with Crippen molar-refractivity contribution in [2.75, 3.05) is 19.5 Å². The second-order valence-electron chi connectivity index (χ2n) is 5.19. The largest absolute Gasteiger partial charge is 0.497 e. The van der Waals surface area contributed by atoms with Crippen molar-refractivity contribution < 1.29 is 9.15 Å². The van der Waals surface area contributed by atoms with Gasteiger partial charge in [-0.05, 0) is 18.2 Å². The van der Waals surface area contributed by atoms with Gasteiger partial charge in [0.2, 0.25) is 0 Å². The Hall–Kier alpha value is -3.53. The van der Waals surface area contributed by atoms with Crippen molar-refractivity contribution in [1.29, 1.82) is 5.26 Å². The number of nitrogens with zero attached hydrogens (tertiary/aromatic N) is 4. The van der Waals surface area contributed by atoms with Crippen LogP contribution in [-0.4, -0.2) is 28.5 Å². The minimum absolute atomic E-state index is 0.316. The molecule has 0 aliphatic heterocycles. The van der Waals surface area contributed by atoms with Gasteiger partial charge in [0, 0.05) is 24.6 Å². The van der Waals surface area contributed by atoms with E-state index in [9.17, 15) is 0 Å². The number of nitriles is 1. The minimum atomic E-state index is 0.316. The van der Waals surface area contributed by atoms with Gasteiger partial charge < -0.3 is 14.5 Å². The zero-order chi connectivity index (χ0) is 16.7. The minimum Gasteiger partial charge on any atom is -0.497 e. The van der Waals surface area contributed by atoms with E-state index in [1.54, 1.807) is 31.0 Å². The fraction of sp³-hybridized carbons (Fsp3) is 0.118. The molecule has 4 aromatic rings. The molecule has 0 saturated carbocycles. The van der Waals surface area contributed by atoms with Crippen LogP contribution in [0.3, 0.4) is 0 Å². The highest BCUT2D eigenvalue weighted by Crippen LogP contribution is 2.34. The fourth-order valence-electron chi connectivity index (χ4n) is 2.68. The van der Waals surface area contributed by atoms with Gasteiger partial charge in [-0.15, -0.1) is 0 Å². The van der Waals surface area contributed by atoms with Crippen LogP contribution in [0, 0.1) is 11.3 Å². The first-order valence-corrected chi connectivity index (χ1v) is 7.27. The second-order valence-corrected chi connectivity index (χ2v) is 5.19. The molecule has 0 saturated heterocycles. The summed E-state index contributed by atoms with van der Waals surface area (Å²) in [6, 6.07) is 11.2. The molecule has 0 amide bonds. The van der Waals surface area contributed by atoms with Crippen molar-refractivity contribution in [3.8, 4) is 23.3 Å². The number of imidazole rings is 1. The lowest BCUT2D eigenvalue weighted by Crippen LogP contribution is -1.97. The third kappa shape index (κ3) is 2.05. The number of ether oxygens (including phenoxy) is 1. The summed E-state index contributed by atoms with van der Waals surface area (Å²) < 4.78 is 13.0. The summed E-state index contributed by atoms with van der Waals surface area (Å²) in [6.07, 6.45) is 1.57. The van der Waals surface area contributed by atoms with Crippen LogP contribution < -0.4 is 10.1 Å². The third-order valence-electron chi connectivity index (χ3n) is 3.83. The van der Waals surface area contributed by atoms with E-state index in [1.165, 1.54) is 0 Å². The number of benzene rings is 1. The summed E-state index contributed by atoms with van der Waals surface area (Å²) in [5, 5.41) is 13.1. The van der Waals surface area contributed by atoms with Crippen LogP contribution in [0.1, 0.15) is 5.69 Å². The maximum atomic E-state index is 9.00. The zero-order valence-electron chi connectivity index (χ0n) is 13.1. The van der Waals surface area contributed by atoms with Gasteiger partial charge in [0.05, 0.1) is 7.11 Å². The SMILES string of the molecule is CNc1c(-c2cc3ccc(OC)cc3o2)nc2cc(C#N)ncn12. The van der Waals surface area contributed by atoms with Gasteiger partial charge in [-0.2, -0.15) is 5.26 Å². The lowest BCUT2D eigenvalue weighted by atomic mass is 10.2. The van der Waals surface area contributed by atoms with E-state index in [1.807, 2.05) is 30.3 Å². The summed E-state index contributed by atoms with van der Waals surface area (Å²) in [7, 11) is 3.42. The lowest BCUT2D eigenvalue weighted by molar-refractivity contribution is 0.414. The predicted octanol–water partition coefficient (Wildman–Crippen LogP) is 3.06. The van der Waals surface area contributed by atoms with Gasteiger partial charge in [0.15, 0.2) is 5.76 Å². The Bertz CT molecular complexity index is 1100. The number of hydrogen-bond acceptors (Lipinski definition) is 6. The molecule has 0 spiro atoms. The number of nitrogens with one attached hydrogen (secondary N) is 1. The third-order valence-corrected chi connectivity index (χ3v) is 3.83. The van der Waals surface area contributed by atoms with Crippen LogP contribution in [0.15, 0.2) is 41.1 Å². The van der Waals surface area contributed by atoms with Crippen LogP contribution in [0.5, 0.6) is 5.75 Å². The molecular weight excluding hydrogens is 306 g/mol. The van der Waals surface area contributed by atoms with Crippen molar-refractivity contribution in [1.82, 2.24) is 14.4 Å². The van der Waals surface area contributed by atoms with Crippen molar-refractivity contribution in [2.24, 2.45) is 0 Å². The van der Waals surface area contributed by atoms with E-state index in [4.69, 9.17) is 14.4 Å². The summed E-state index contributed by atoms with van der Waals surface area (Å²) in [4.78, 5) is 8.67. The molecule has 1 aromatic carbocycles. The molecule has 3 heterocycles. The summed E-state index contributed by atoms with van der Waals surface area (Å²) in [5.74, 6) is 2.10. The maximum absolute atomic E-state index is 9.00. The molecule has 0 atom stereocenters. The Balaban J connectivity index is 1.93. The zero-order valence-corrected chi connectivity index (χ0v) is 13.1. The van der Waals surface area contributed by atoms with Crippen LogP contribution >= 0.6 is 0 Å². The van der Waals surface area contributed by atoms with E-state index in [-0.39, 0.29) is 0 Å². The molecule has 0 unspecified atom stereocenters. The average molecular weight is 319 g/mol. The highest BCUT2D eigenvalue weighted by atomic mass is 16.5. The molecule has 7 heteroatoms. The fourth-order valence-corrected chi connectivity index (χ4v) is 2.68. The molecule has 0 aliphatic carbocycles. The monoisotopic (exact) mass is 319 g/mol. The highest BCUT2D eigenvalue weighted by Gasteiger charge is 2.17. The molecule has 0 bridgehead atoms. The maximum Gasteiger partial charge on any atom is 0.157 e. The second kappa shape index (κ2) is 5.28. The average Bonchev–Trinajstić information content (AvgIpc) is 3.20. The molecule has 3 aromatic heterocycles. The van der Waals surface area contributed by atoms with Crippen molar-refractivity contribution in [2.45, 2.75) is 0 Å². The van der Waals surface area contributed by atoms with Gasteiger partial charge in [-0.1, -0.05) is 0 Å². The Morgan fingerprint density at radius 1 is 1.29 bits per heavy atom. The van der Waals surface area contributed by atoms with E-state index < -0.39 is 0 Å². The Morgan fingerprint density at radius 2 is 2.17 bits per heavy atom. The van der Waals surface area contributed by atoms with Crippen molar-refractivity contribution in [3.05, 3.63) is 42.4 Å². The molecule has 24 heavy (non-hydrogen) atoms. The van der Waals surface area contributed by atoms with E-state index in [0.29, 0.717) is 22.8 Å². The number of anilines is 1. The summed E-state index contributed by atoms with van der Waals surface area (Å²) in [6.45, 7) is 0. The van der Waals surface area contributed by atoms with E-state index in [0.717, 1.165) is 22.5 Å². The van der Waals surface area contributed by atoms with Gasteiger partial charge in [-0.3, -0.25) is 4.40 Å². The van der Waals surface area contributed by atoms with Crippen LogP contribution in [0.4, 0.5) is 5.82 Å². The molecular formula is C17H13N5O2. The quantitative estimate of drug-likeness (QED) is 0.624. The van der Waals surface area contributed by atoms with Crippen LogP contribution in [-0.2, 0) is 0 Å². The predicted molar refractivity (Wildman–Crippen MR) is 89.0 cm³/mol. The van der Waals surface area contributed by atoms with Gasteiger partial charge in [0.1, 0.15) is 46.6 Å². The van der Waals surface area contributed by atoms with Crippen LogP contribution in [0.2, 0.25) is 0 Å². The number of rotatable bonds is 3. The van der Waals surface area contributed by atoms with Gasteiger partial charge >= 0.3 is 0 Å². The highest BCUT2D eigenvalue weighted by molar-refractivity contribution is 5.86. The number of aromatic nitrogens is 3. The van der Waals surface area contributed by atoms with Crippen LogP contribution in [0.25, 0.3) is 28.1 Å². The smallest absolute Gasteiger partial charge is 0.157 e. The first kappa shape index (κ1) is 14.1. The topological polar surface area (TPSA) is 88.4 Å². The molecule has 0 radical (unpaired) electrons. The van der Waals surface area contributed by atoms with Gasteiger partial charge in [0.25, 0.3) is 0 Å². The normalized spacial score (nSPS) is 10.9.